The number of benzene rings is 1. The summed E-state index contributed by atoms with van der Waals surface area (Å²) in [6.07, 6.45) is 3.22. The van der Waals surface area contributed by atoms with Gasteiger partial charge in [-0.15, -0.1) is 0 Å². The molecule has 1 aromatic carbocycles. The van der Waals surface area contributed by atoms with Gasteiger partial charge in [0, 0.05) is 19.3 Å². The minimum atomic E-state index is -0.584. The standard InChI is InChI=1S/C19H21N3O5/c1-12-3-2-6-21(9-12)17(23)14-8-20-19(25)22(18(14)24)10-13-4-5-15-16(7-13)27-11-26-15/h4-5,7-8,12H,2-3,6,9-11H2,1H3,(H,20,25). The van der Waals surface area contributed by atoms with Gasteiger partial charge in [0.15, 0.2) is 11.5 Å². The summed E-state index contributed by atoms with van der Waals surface area (Å²) < 4.78 is 11.6. The third kappa shape index (κ3) is 3.34. The number of nitrogens with one attached hydrogen (secondary N) is 1. The molecule has 8 nitrogen and oxygen atoms in total. The molecule has 1 atom stereocenters. The fourth-order valence-corrected chi connectivity index (χ4v) is 3.57. The number of carbonyl (C=O) groups is 1. The number of H-pyrrole nitrogens is 1. The number of hydrogen-bond acceptors (Lipinski definition) is 5. The Bertz CT molecular complexity index is 994. The number of ether oxygens (including phenoxy) is 2. The zero-order valence-electron chi connectivity index (χ0n) is 15.1. The lowest BCUT2D eigenvalue weighted by Crippen LogP contribution is -2.44. The van der Waals surface area contributed by atoms with Crippen molar-refractivity contribution in [2.45, 2.75) is 26.3 Å². The van der Waals surface area contributed by atoms with Crippen LogP contribution < -0.4 is 20.7 Å². The van der Waals surface area contributed by atoms with Crippen LogP contribution in [-0.4, -0.2) is 40.2 Å². The van der Waals surface area contributed by atoms with Gasteiger partial charge in [0.25, 0.3) is 11.5 Å². The van der Waals surface area contributed by atoms with E-state index >= 15 is 0 Å². The average molecular weight is 371 g/mol. The third-order valence-corrected chi connectivity index (χ3v) is 5.01. The second-order valence-corrected chi connectivity index (χ2v) is 7.08. The minimum absolute atomic E-state index is 0.00977. The molecule has 142 valence electrons. The van der Waals surface area contributed by atoms with Crippen LogP contribution in [-0.2, 0) is 6.54 Å². The van der Waals surface area contributed by atoms with Gasteiger partial charge in [-0.3, -0.25) is 14.2 Å². The second-order valence-electron chi connectivity index (χ2n) is 7.08. The Morgan fingerprint density at radius 1 is 1.26 bits per heavy atom. The van der Waals surface area contributed by atoms with Gasteiger partial charge in [0.05, 0.1) is 6.54 Å². The molecule has 1 aromatic heterocycles. The molecule has 2 aliphatic rings. The molecule has 2 aliphatic heterocycles. The fraction of sp³-hybridized carbons (Fsp3) is 0.421. The van der Waals surface area contributed by atoms with E-state index in [4.69, 9.17) is 9.47 Å². The molecule has 0 spiro atoms. The molecule has 0 bridgehead atoms. The lowest BCUT2D eigenvalue weighted by atomic mass is 10.00. The van der Waals surface area contributed by atoms with Crippen LogP contribution in [0.3, 0.4) is 0 Å². The summed E-state index contributed by atoms with van der Waals surface area (Å²) in [5.74, 6) is 1.28. The van der Waals surface area contributed by atoms with E-state index in [0.29, 0.717) is 36.1 Å². The number of fused-ring (bicyclic) bond motifs is 1. The van der Waals surface area contributed by atoms with Crippen molar-refractivity contribution in [2.24, 2.45) is 5.92 Å². The molecular formula is C19H21N3O5. The molecule has 2 aromatic rings. The van der Waals surface area contributed by atoms with Gasteiger partial charge in [0.2, 0.25) is 6.79 Å². The Morgan fingerprint density at radius 3 is 2.89 bits per heavy atom. The van der Waals surface area contributed by atoms with E-state index in [9.17, 15) is 14.4 Å². The zero-order valence-corrected chi connectivity index (χ0v) is 15.1. The third-order valence-electron chi connectivity index (χ3n) is 5.01. The van der Waals surface area contributed by atoms with E-state index in [0.717, 1.165) is 17.4 Å². The molecule has 1 saturated heterocycles. The van der Waals surface area contributed by atoms with Crippen molar-refractivity contribution in [3.63, 3.8) is 0 Å². The summed E-state index contributed by atoms with van der Waals surface area (Å²) >= 11 is 0. The smallest absolute Gasteiger partial charge is 0.328 e. The molecule has 1 N–H and O–H groups in total. The monoisotopic (exact) mass is 371 g/mol. The average Bonchev–Trinajstić information content (AvgIpc) is 3.12. The Hall–Kier alpha value is -3.03. The summed E-state index contributed by atoms with van der Waals surface area (Å²) in [5, 5.41) is 0. The number of piperidine rings is 1. The summed E-state index contributed by atoms with van der Waals surface area (Å²) in [6.45, 7) is 3.54. The number of amides is 1. The van der Waals surface area contributed by atoms with Crippen molar-refractivity contribution in [3.05, 3.63) is 56.4 Å². The topological polar surface area (TPSA) is 93.6 Å². The van der Waals surface area contributed by atoms with Crippen molar-refractivity contribution >= 4 is 5.91 Å². The number of likely N-dealkylation sites (tertiary alicyclic amines) is 1. The molecule has 1 unspecified atom stereocenters. The van der Waals surface area contributed by atoms with Gasteiger partial charge in [-0.1, -0.05) is 13.0 Å². The van der Waals surface area contributed by atoms with E-state index in [-0.39, 0.29) is 24.8 Å². The molecule has 0 aliphatic carbocycles. The van der Waals surface area contributed by atoms with Crippen molar-refractivity contribution in [2.75, 3.05) is 19.9 Å². The zero-order chi connectivity index (χ0) is 19.0. The van der Waals surface area contributed by atoms with Gasteiger partial charge >= 0.3 is 5.69 Å². The lowest BCUT2D eigenvalue weighted by Gasteiger charge is -2.30. The van der Waals surface area contributed by atoms with E-state index in [1.165, 1.54) is 6.20 Å². The molecule has 0 saturated carbocycles. The Labute approximate surface area is 155 Å². The van der Waals surface area contributed by atoms with Crippen LogP contribution in [0.4, 0.5) is 0 Å². The highest BCUT2D eigenvalue weighted by atomic mass is 16.7. The number of aromatic nitrogens is 2. The highest BCUT2D eigenvalue weighted by molar-refractivity contribution is 5.93. The number of hydrogen-bond donors (Lipinski definition) is 1. The van der Waals surface area contributed by atoms with Crippen LogP contribution in [0.2, 0.25) is 0 Å². The number of aromatic amines is 1. The van der Waals surface area contributed by atoms with Crippen LogP contribution in [0.25, 0.3) is 0 Å². The van der Waals surface area contributed by atoms with Crippen LogP contribution in [0.15, 0.2) is 34.0 Å². The molecule has 3 heterocycles. The molecule has 1 amide bonds. The second kappa shape index (κ2) is 6.94. The van der Waals surface area contributed by atoms with Crippen LogP contribution in [0, 0.1) is 5.92 Å². The van der Waals surface area contributed by atoms with Gasteiger partial charge in [0.1, 0.15) is 5.56 Å². The van der Waals surface area contributed by atoms with Crippen LogP contribution in [0.1, 0.15) is 35.7 Å². The van der Waals surface area contributed by atoms with E-state index in [1.54, 1.807) is 23.1 Å². The number of nitrogens with zero attached hydrogens (tertiary/aromatic N) is 2. The van der Waals surface area contributed by atoms with Crippen LogP contribution in [0.5, 0.6) is 11.5 Å². The maximum atomic E-state index is 12.8. The Morgan fingerprint density at radius 2 is 2.07 bits per heavy atom. The quantitative estimate of drug-likeness (QED) is 0.875. The first-order valence-electron chi connectivity index (χ1n) is 9.03. The SMILES string of the molecule is CC1CCCN(C(=O)c2c[nH]c(=O)n(Cc3ccc4c(c3)OCO4)c2=O)C1. The van der Waals surface area contributed by atoms with Gasteiger partial charge in [-0.2, -0.15) is 0 Å². The van der Waals surface area contributed by atoms with Crippen LogP contribution >= 0.6 is 0 Å². The maximum absolute atomic E-state index is 12.8. The highest BCUT2D eigenvalue weighted by Gasteiger charge is 2.25. The first kappa shape index (κ1) is 17.4. The summed E-state index contributed by atoms with van der Waals surface area (Å²) in [5.41, 5.74) is -0.437. The van der Waals surface area contributed by atoms with E-state index < -0.39 is 11.2 Å². The minimum Gasteiger partial charge on any atom is -0.454 e. The summed E-state index contributed by atoms with van der Waals surface area (Å²) in [6, 6.07) is 5.23. The number of rotatable bonds is 3. The van der Waals surface area contributed by atoms with E-state index in [2.05, 4.69) is 11.9 Å². The highest BCUT2D eigenvalue weighted by Crippen LogP contribution is 2.32. The number of carbonyl (C=O) groups excluding carboxylic acids is 1. The molecule has 4 rings (SSSR count). The van der Waals surface area contributed by atoms with Crippen molar-refractivity contribution < 1.29 is 14.3 Å². The maximum Gasteiger partial charge on any atom is 0.328 e. The van der Waals surface area contributed by atoms with Gasteiger partial charge in [-0.25, -0.2) is 4.79 Å². The normalized spacial score (nSPS) is 18.6. The first-order chi connectivity index (χ1) is 13.0. The molecule has 8 heteroatoms. The van der Waals surface area contributed by atoms with Crippen molar-refractivity contribution in [1.29, 1.82) is 0 Å². The van der Waals surface area contributed by atoms with Crippen molar-refractivity contribution in [3.8, 4) is 11.5 Å². The largest absolute Gasteiger partial charge is 0.454 e. The molecule has 27 heavy (non-hydrogen) atoms. The fourth-order valence-electron chi connectivity index (χ4n) is 3.57. The van der Waals surface area contributed by atoms with Gasteiger partial charge < -0.3 is 19.4 Å². The predicted octanol–water partition coefficient (Wildman–Crippen LogP) is 1.19. The summed E-state index contributed by atoms with van der Waals surface area (Å²) in [7, 11) is 0. The first-order valence-corrected chi connectivity index (χ1v) is 9.03. The molecule has 1 fully saturated rings. The van der Waals surface area contributed by atoms with Crippen molar-refractivity contribution in [1.82, 2.24) is 14.5 Å². The molecular weight excluding hydrogens is 350 g/mol. The molecule has 0 radical (unpaired) electrons. The Balaban J connectivity index is 1.64. The summed E-state index contributed by atoms with van der Waals surface area (Å²) in [4.78, 5) is 42.0. The lowest BCUT2D eigenvalue weighted by molar-refractivity contribution is 0.0680. The van der Waals surface area contributed by atoms with E-state index in [1.807, 2.05) is 0 Å². The Kier molecular flexibility index (Phi) is 4.47. The van der Waals surface area contributed by atoms with Gasteiger partial charge in [-0.05, 0) is 36.5 Å². The predicted molar refractivity (Wildman–Crippen MR) is 97.3 cm³/mol.